The maximum absolute atomic E-state index is 11.5. The summed E-state index contributed by atoms with van der Waals surface area (Å²) in [6.07, 6.45) is 5.75. The summed E-state index contributed by atoms with van der Waals surface area (Å²) in [7, 11) is 0. The molecule has 0 aromatic heterocycles. The maximum atomic E-state index is 11.5. The molecule has 4 N–H and O–H groups in total. The van der Waals surface area contributed by atoms with Gasteiger partial charge in [-0.3, -0.25) is 4.79 Å². The van der Waals surface area contributed by atoms with Crippen LogP contribution in [0.4, 0.5) is 4.79 Å². The topological polar surface area (TPSA) is 108 Å². The number of nitrogens with one attached hydrogen (secondary N) is 2. The lowest BCUT2D eigenvalue weighted by molar-refractivity contribution is -0.141. The Morgan fingerprint density at radius 3 is 2.52 bits per heavy atom. The molecule has 0 aromatic rings. The van der Waals surface area contributed by atoms with Crippen LogP contribution in [0.3, 0.4) is 0 Å². The van der Waals surface area contributed by atoms with Crippen molar-refractivity contribution < 1.29 is 24.5 Å². The molecule has 1 aliphatic rings. The number of hydrogen-bond acceptors (Lipinski definition) is 4. The number of carbonyl (C=O) groups excluding carboxylic acids is 1. The summed E-state index contributed by atoms with van der Waals surface area (Å²) >= 11 is 0. The molecule has 0 saturated heterocycles. The van der Waals surface area contributed by atoms with E-state index in [1.807, 2.05) is 0 Å². The van der Waals surface area contributed by atoms with Gasteiger partial charge in [0.05, 0.1) is 24.7 Å². The highest BCUT2D eigenvalue weighted by molar-refractivity contribution is 5.74. The first kappa shape index (κ1) is 17.7. The molecule has 122 valence electrons. The number of hydrogen-bond donors (Lipinski definition) is 4. The summed E-state index contributed by atoms with van der Waals surface area (Å²) in [6.45, 7) is 2.11. The number of aliphatic carboxylic acids is 1. The maximum Gasteiger partial charge on any atom is 0.314 e. The summed E-state index contributed by atoms with van der Waals surface area (Å²) in [5.41, 5.74) is -1.46. The number of urea groups is 1. The number of aliphatic hydroxyl groups is 1. The highest BCUT2D eigenvalue weighted by Crippen LogP contribution is 2.19. The van der Waals surface area contributed by atoms with E-state index in [-0.39, 0.29) is 6.54 Å². The lowest BCUT2D eigenvalue weighted by Gasteiger charge is -2.23. The molecule has 2 amide bonds. The van der Waals surface area contributed by atoms with E-state index in [1.54, 1.807) is 0 Å². The van der Waals surface area contributed by atoms with E-state index in [0.29, 0.717) is 19.3 Å². The van der Waals surface area contributed by atoms with Crippen molar-refractivity contribution in [3.63, 3.8) is 0 Å². The van der Waals surface area contributed by atoms with E-state index in [9.17, 15) is 14.7 Å². The van der Waals surface area contributed by atoms with Gasteiger partial charge in [-0.2, -0.15) is 0 Å². The molecule has 0 bridgehead atoms. The third kappa shape index (κ3) is 8.52. The normalized spacial score (nSPS) is 18.8. The van der Waals surface area contributed by atoms with Gasteiger partial charge >= 0.3 is 12.0 Å². The van der Waals surface area contributed by atoms with Gasteiger partial charge in [-0.25, -0.2) is 4.79 Å². The molecular weight excluding hydrogens is 276 g/mol. The van der Waals surface area contributed by atoms with Gasteiger partial charge in [-0.15, -0.1) is 0 Å². The number of carboxylic acids is 1. The van der Waals surface area contributed by atoms with Crippen molar-refractivity contribution in [1.82, 2.24) is 10.6 Å². The lowest BCUT2D eigenvalue weighted by Crippen LogP contribution is -2.46. The minimum Gasteiger partial charge on any atom is -0.481 e. The number of ether oxygens (including phenoxy) is 1. The third-order valence-corrected chi connectivity index (χ3v) is 3.46. The van der Waals surface area contributed by atoms with Crippen molar-refractivity contribution in [2.45, 2.75) is 57.2 Å². The van der Waals surface area contributed by atoms with Crippen LogP contribution in [0.1, 0.15) is 45.4 Å². The Morgan fingerprint density at radius 2 is 1.90 bits per heavy atom. The van der Waals surface area contributed by atoms with Gasteiger partial charge in [0.2, 0.25) is 0 Å². The third-order valence-electron chi connectivity index (χ3n) is 3.46. The standard InChI is InChI=1S/C14H26N2O5/c1-14(20,9-12(17)18)10-16-13(19)15-7-8-21-11-5-3-2-4-6-11/h11,20H,2-10H2,1H3,(H,17,18)(H2,15,16,19). The number of rotatable bonds is 8. The van der Waals surface area contributed by atoms with Gasteiger partial charge in [-0.1, -0.05) is 19.3 Å². The molecule has 1 atom stereocenters. The van der Waals surface area contributed by atoms with E-state index in [2.05, 4.69) is 10.6 Å². The molecule has 1 fully saturated rings. The van der Waals surface area contributed by atoms with Crippen LogP contribution in [0.5, 0.6) is 0 Å². The van der Waals surface area contributed by atoms with E-state index in [0.717, 1.165) is 12.8 Å². The Hall–Kier alpha value is -1.34. The molecule has 1 rings (SSSR count). The Kier molecular flexibility index (Phi) is 7.45. The van der Waals surface area contributed by atoms with Gasteiger partial charge in [0.25, 0.3) is 0 Å². The predicted octanol–water partition coefficient (Wildman–Crippen LogP) is 0.861. The van der Waals surface area contributed by atoms with Gasteiger partial charge < -0.3 is 25.6 Å². The van der Waals surface area contributed by atoms with E-state index in [4.69, 9.17) is 9.84 Å². The first-order chi connectivity index (χ1) is 9.89. The van der Waals surface area contributed by atoms with Crippen molar-refractivity contribution in [3.8, 4) is 0 Å². The summed E-state index contributed by atoms with van der Waals surface area (Å²) in [5, 5.41) is 23.4. The van der Waals surface area contributed by atoms with Gasteiger partial charge in [0, 0.05) is 13.1 Å². The summed E-state index contributed by atoms with van der Waals surface area (Å²) in [4.78, 5) is 22.0. The second-order valence-corrected chi connectivity index (χ2v) is 5.81. The average molecular weight is 302 g/mol. The molecule has 0 radical (unpaired) electrons. The fraction of sp³-hybridized carbons (Fsp3) is 0.857. The van der Waals surface area contributed by atoms with Gasteiger partial charge in [-0.05, 0) is 19.8 Å². The van der Waals surface area contributed by atoms with Gasteiger partial charge in [0.1, 0.15) is 0 Å². The SMILES string of the molecule is CC(O)(CNC(=O)NCCOC1CCCCC1)CC(=O)O. The number of carbonyl (C=O) groups is 2. The minimum absolute atomic E-state index is 0.116. The van der Waals surface area contributed by atoms with E-state index in [1.165, 1.54) is 26.2 Å². The van der Waals surface area contributed by atoms with Crippen LogP contribution in [-0.4, -0.2) is 53.6 Å². The Bertz CT molecular complexity index is 340. The Balaban J connectivity index is 2.06. The smallest absolute Gasteiger partial charge is 0.314 e. The second-order valence-electron chi connectivity index (χ2n) is 5.81. The predicted molar refractivity (Wildman–Crippen MR) is 77.1 cm³/mol. The minimum atomic E-state index is -1.46. The quantitative estimate of drug-likeness (QED) is 0.497. The second kappa shape index (κ2) is 8.84. The number of carboxylic acid groups (broad SMARTS) is 1. The zero-order chi connectivity index (χ0) is 15.7. The van der Waals surface area contributed by atoms with Crippen LogP contribution >= 0.6 is 0 Å². The molecular formula is C14H26N2O5. The first-order valence-electron chi connectivity index (χ1n) is 7.46. The molecule has 21 heavy (non-hydrogen) atoms. The molecule has 7 heteroatoms. The van der Waals surface area contributed by atoms with Crippen molar-refractivity contribution in [3.05, 3.63) is 0 Å². The van der Waals surface area contributed by atoms with E-state index >= 15 is 0 Å². The molecule has 1 saturated carbocycles. The van der Waals surface area contributed by atoms with Crippen LogP contribution in [0.15, 0.2) is 0 Å². The molecule has 0 spiro atoms. The first-order valence-corrected chi connectivity index (χ1v) is 7.46. The van der Waals surface area contributed by atoms with Gasteiger partial charge in [0.15, 0.2) is 0 Å². The van der Waals surface area contributed by atoms with Crippen LogP contribution in [0.25, 0.3) is 0 Å². The summed E-state index contributed by atoms with van der Waals surface area (Å²) in [5.74, 6) is -1.11. The fourth-order valence-corrected chi connectivity index (χ4v) is 2.34. The molecule has 7 nitrogen and oxygen atoms in total. The lowest BCUT2D eigenvalue weighted by atomic mass is 9.98. The van der Waals surface area contributed by atoms with Crippen molar-refractivity contribution in [2.24, 2.45) is 0 Å². The highest BCUT2D eigenvalue weighted by atomic mass is 16.5. The fourth-order valence-electron chi connectivity index (χ4n) is 2.34. The Labute approximate surface area is 125 Å². The molecule has 0 aromatic carbocycles. The molecule has 1 unspecified atom stereocenters. The van der Waals surface area contributed by atoms with Crippen molar-refractivity contribution >= 4 is 12.0 Å². The summed E-state index contributed by atoms with van der Waals surface area (Å²) < 4.78 is 5.66. The monoisotopic (exact) mass is 302 g/mol. The zero-order valence-corrected chi connectivity index (χ0v) is 12.6. The highest BCUT2D eigenvalue weighted by Gasteiger charge is 2.24. The molecule has 0 heterocycles. The average Bonchev–Trinajstić information content (AvgIpc) is 2.41. The summed E-state index contributed by atoms with van der Waals surface area (Å²) in [6, 6.07) is -0.437. The molecule has 1 aliphatic carbocycles. The largest absolute Gasteiger partial charge is 0.481 e. The van der Waals surface area contributed by atoms with Crippen molar-refractivity contribution in [1.29, 1.82) is 0 Å². The van der Waals surface area contributed by atoms with Crippen LogP contribution < -0.4 is 10.6 Å². The molecule has 0 aliphatic heterocycles. The Morgan fingerprint density at radius 1 is 1.24 bits per heavy atom. The van der Waals surface area contributed by atoms with Crippen LogP contribution in [0.2, 0.25) is 0 Å². The van der Waals surface area contributed by atoms with Crippen molar-refractivity contribution in [2.75, 3.05) is 19.7 Å². The van der Waals surface area contributed by atoms with E-state index < -0.39 is 24.0 Å². The van der Waals surface area contributed by atoms with Crippen LogP contribution in [-0.2, 0) is 9.53 Å². The van der Waals surface area contributed by atoms with Crippen LogP contribution in [0, 0.1) is 0 Å². The number of amides is 2. The zero-order valence-electron chi connectivity index (χ0n) is 12.6.